The number of amides is 5. The predicted octanol–water partition coefficient (Wildman–Crippen LogP) is -0.628. The van der Waals surface area contributed by atoms with Crippen LogP contribution in [-0.4, -0.2) is 126 Å². The number of Topliss-reactive ketones (excluding diaryl/α,β-unsaturated/α-hetero) is 1. The third-order valence-corrected chi connectivity index (χ3v) is 9.15. The van der Waals surface area contributed by atoms with Gasteiger partial charge < -0.3 is 42.2 Å². The monoisotopic (exact) mass is 811 g/mol. The summed E-state index contributed by atoms with van der Waals surface area (Å²) in [5.41, 5.74) is 9.48. The molecule has 9 N–H and O–H groups in total. The minimum Gasteiger partial charge on any atom is -0.403 e. The number of nitrogens with one attached hydrogen (secondary N) is 6. The van der Waals surface area contributed by atoms with Gasteiger partial charge in [-0.3, -0.25) is 37.9 Å². The van der Waals surface area contributed by atoms with Gasteiger partial charge in [0.15, 0.2) is 16.9 Å². The number of nitrogens with two attached hydrogens (primary N) is 1. The van der Waals surface area contributed by atoms with Gasteiger partial charge in [-0.1, -0.05) is 27.7 Å². The highest BCUT2D eigenvalue weighted by atomic mass is 32.2. The first kappa shape index (κ1) is 47.5. The fourth-order valence-corrected chi connectivity index (χ4v) is 6.12. The van der Waals surface area contributed by atoms with Gasteiger partial charge >= 0.3 is 0 Å². The normalized spacial score (nSPS) is 16.2. The van der Waals surface area contributed by atoms with Crippen LogP contribution in [0.15, 0.2) is 40.1 Å². The lowest BCUT2D eigenvalue weighted by Crippen LogP contribution is -2.55. The highest BCUT2D eigenvalue weighted by molar-refractivity contribution is 7.80. The van der Waals surface area contributed by atoms with Crippen molar-refractivity contribution in [2.45, 2.75) is 70.0 Å². The molecule has 0 spiro atoms. The molecule has 21 heteroatoms. The number of hydrogen-bond donors (Lipinski definition) is 8. The van der Waals surface area contributed by atoms with Gasteiger partial charge in [0.2, 0.25) is 23.6 Å². The van der Waals surface area contributed by atoms with Crippen molar-refractivity contribution < 1.29 is 51.4 Å². The van der Waals surface area contributed by atoms with Crippen molar-refractivity contribution in [2.75, 3.05) is 59.1 Å². The van der Waals surface area contributed by atoms with Crippen molar-refractivity contribution in [1.82, 2.24) is 31.5 Å². The van der Waals surface area contributed by atoms with E-state index in [1.807, 2.05) is 18.7 Å². The molecule has 4 atom stereocenters. The first-order valence-corrected chi connectivity index (χ1v) is 19.0. The van der Waals surface area contributed by atoms with Crippen LogP contribution >= 0.6 is 0 Å². The van der Waals surface area contributed by atoms with Gasteiger partial charge in [0.25, 0.3) is 5.91 Å². The Morgan fingerprint density at radius 1 is 0.982 bits per heavy atom. The molecule has 2 rings (SSSR count). The molecule has 0 aliphatic carbocycles. The third kappa shape index (κ3) is 16.6. The van der Waals surface area contributed by atoms with Crippen molar-refractivity contribution >= 4 is 46.4 Å². The number of rotatable bonds is 23. The van der Waals surface area contributed by atoms with Crippen LogP contribution in [0.25, 0.3) is 0 Å². The van der Waals surface area contributed by atoms with Gasteiger partial charge in [0.1, 0.15) is 17.5 Å². The van der Waals surface area contributed by atoms with Crippen LogP contribution < -0.4 is 32.3 Å². The third-order valence-electron chi connectivity index (χ3n) is 8.18. The van der Waals surface area contributed by atoms with Crippen LogP contribution in [0.3, 0.4) is 0 Å². The Kier molecular flexibility index (Phi) is 19.8. The Balaban J connectivity index is 1.99. The molecule has 0 bridgehead atoms. The molecule has 1 fully saturated rings. The molecular weight excluding hydrogens is 758 g/mol. The summed E-state index contributed by atoms with van der Waals surface area (Å²) < 4.78 is 37.9. The first-order valence-electron chi connectivity index (χ1n) is 18.0. The van der Waals surface area contributed by atoms with Gasteiger partial charge in [-0.05, 0) is 49.8 Å². The van der Waals surface area contributed by atoms with Gasteiger partial charge in [0.05, 0.1) is 68.2 Å². The number of ether oxygens (including phenoxy) is 1. The Morgan fingerprint density at radius 2 is 1.57 bits per heavy atom. The number of carbonyl (C=O) groups is 6. The van der Waals surface area contributed by atoms with E-state index in [4.69, 9.17) is 20.2 Å². The van der Waals surface area contributed by atoms with Gasteiger partial charge in [-0.25, -0.2) is 14.1 Å². The highest BCUT2D eigenvalue weighted by Gasteiger charge is 2.38. The number of hydrogen-bond acceptors (Lipinski definition) is 14. The fourth-order valence-electron chi connectivity index (χ4n) is 5.25. The number of carbonyl (C=O) groups excluding carboxylic acids is 6. The van der Waals surface area contributed by atoms with Crippen molar-refractivity contribution in [2.24, 2.45) is 22.7 Å². The number of aliphatic hydroxyl groups is 1. The smallest absolute Gasteiger partial charge is 0.254 e. The zero-order chi connectivity index (χ0) is 42.0. The number of ketones is 1. The molecule has 1 heterocycles. The predicted molar refractivity (Wildman–Crippen MR) is 200 cm³/mol. The van der Waals surface area contributed by atoms with E-state index in [9.17, 15) is 42.5 Å². The number of benzene rings is 1. The lowest BCUT2D eigenvalue weighted by Gasteiger charge is -2.28. The molecule has 1 saturated heterocycles. The number of halogens is 1. The SMILES string of the molecule is CC(C)C[C@H](NC(=O)CNC(=O)CN1CCOCC1)C(=O)NCC(=O)N[C@@H](CC(C)C)C(=O)C(C)(O)COS(=O)c1ccc(F)c(C(=O)NC/C(=C/N)N=N)c1. The lowest BCUT2D eigenvalue weighted by molar-refractivity contribution is -0.143. The van der Waals surface area contributed by atoms with Gasteiger partial charge in [0, 0.05) is 19.3 Å². The Bertz CT molecular complexity index is 1620. The highest BCUT2D eigenvalue weighted by Crippen LogP contribution is 2.19. The Labute approximate surface area is 327 Å². The van der Waals surface area contributed by atoms with Crippen LogP contribution in [0.5, 0.6) is 0 Å². The summed E-state index contributed by atoms with van der Waals surface area (Å²) >= 11 is -2.39. The zero-order valence-corrected chi connectivity index (χ0v) is 33.1. The Morgan fingerprint density at radius 3 is 2.16 bits per heavy atom. The summed E-state index contributed by atoms with van der Waals surface area (Å²) in [6.07, 6.45) is 1.29. The van der Waals surface area contributed by atoms with Crippen LogP contribution in [-0.2, 0) is 44.0 Å². The topological polar surface area (TPSA) is 284 Å². The molecule has 0 saturated carbocycles. The molecule has 19 nitrogen and oxygen atoms in total. The van der Waals surface area contributed by atoms with Crippen LogP contribution in [0.2, 0.25) is 0 Å². The van der Waals surface area contributed by atoms with Gasteiger partial charge in [-0.15, -0.1) is 0 Å². The van der Waals surface area contributed by atoms with E-state index in [0.29, 0.717) is 26.3 Å². The Hall–Kier alpha value is -4.70. The summed E-state index contributed by atoms with van der Waals surface area (Å²) in [5, 5.41) is 26.6. The summed E-state index contributed by atoms with van der Waals surface area (Å²) in [4.78, 5) is 78.7. The van der Waals surface area contributed by atoms with Crippen molar-refractivity contribution in [1.29, 1.82) is 5.53 Å². The average Bonchev–Trinajstić information content (AvgIpc) is 3.14. The molecule has 1 aromatic carbocycles. The van der Waals surface area contributed by atoms with Crippen molar-refractivity contribution in [3.63, 3.8) is 0 Å². The summed E-state index contributed by atoms with van der Waals surface area (Å²) in [6.45, 7) is 8.61. The van der Waals surface area contributed by atoms with Crippen molar-refractivity contribution in [3.05, 3.63) is 41.5 Å². The quantitative estimate of drug-likeness (QED) is 0.0642. The molecule has 0 radical (unpaired) electrons. The minimum absolute atomic E-state index is 0.00114. The molecule has 56 heavy (non-hydrogen) atoms. The number of nitrogens with zero attached hydrogens (tertiary/aromatic N) is 2. The lowest BCUT2D eigenvalue weighted by atomic mass is 9.90. The zero-order valence-electron chi connectivity index (χ0n) is 32.3. The van der Waals surface area contributed by atoms with Crippen LogP contribution in [0.4, 0.5) is 4.39 Å². The van der Waals surface area contributed by atoms with Crippen LogP contribution in [0.1, 0.15) is 57.8 Å². The standard InChI is InChI=1S/C35H54FN9O10S/c1-21(2)12-27(32(49)35(5,52)20-55-56(53)24-6-7-26(36)25(14-24)33(50)40-16-23(15-37)44-38)42-30(47)18-41-34(51)28(13-22(3)4)43-29(46)17-39-31(48)19-45-8-10-54-11-9-45/h6-7,14-15,21-22,27-28,38,52H,8-13,16-20,37H2,1-5H3,(H,39,48)(H,40,50)(H,41,51)(H,42,47)(H,43,46)/b23-15-,44-38?/t27-,28-,35?,56?/m0/s1. The number of morpholine rings is 1. The maximum atomic E-state index is 14.4. The van der Waals surface area contributed by atoms with E-state index in [1.165, 1.54) is 0 Å². The molecule has 312 valence electrons. The van der Waals surface area contributed by atoms with E-state index in [2.05, 4.69) is 31.7 Å². The molecule has 1 aliphatic heterocycles. The summed E-state index contributed by atoms with van der Waals surface area (Å²) in [7, 11) is 0. The largest absolute Gasteiger partial charge is 0.403 e. The molecule has 2 unspecified atom stereocenters. The van der Waals surface area contributed by atoms with E-state index < -0.39 is 82.7 Å². The van der Waals surface area contributed by atoms with E-state index >= 15 is 0 Å². The first-order chi connectivity index (χ1) is 26.4. The second kappa shape index (κ2) is 23.4. The van der Waals surface area contributed by atoms with Crippen molar-refractivity contribution in [3.8, 4) is 0 Å². The van der Waals surface area contributed by atoms with E-state index in [0.717, 1.165) is 31.3 Å². The second-order valence-corrected chi connectivity index (χ2v) is 15.3. The van der Waals surface area contributed by atoms with Crippen LogP contribution in [0, 0.1) is 23.2 Å². The molecule has 1 aromatic rings. The van der Waals surface area contributed by atoms with Gasteiger partial charge in [-0.2, -0.15) is 5.11 Å². The molecule has 5 amide bonds. The maximum absolute atomic E-state index is 14.4. The maximum Gasteiger partial charge on any atom is 0.254 e. The summed E-state index contributed by atoms with van der Waals surface area (Å²) in [6, 6.07) is 0.629. The fraction of sp³-hybridized carbons (Fsp3) is 0.600. The molecule has 1 aliphatic rings. The summed E-state index contributed by atoms with van der Waals surface area (Å²) in [5.74, 6) is -5.33. The van der Waals surface area contributed by atoms with E-state index in [-0.39, 0.29) is 60.8 Å². The second-order valence-electron chi connectivity index (χ2n) is 14.1. The average molecular weight is 812 g/mol. The minimum atomic E-state index is -2.39. The molecular formula is C35H54FN9O10S. The molecule has 0 aromatic heterocycles. The van der Waals surface area contributed by atoms with E-state index in [1.54, 1.807) is 13.8 Å².